The summed E-state index contributed by atoms with van der Waals surface area (Å²) in [6, 6.07) is 4.81. The number of imide groups is 1. The van der Waals surface area contributed by atoms with E-state index in [1.807, 2.05) is 13.0 Å². The van der Waals surface area contributed by atoms with Crippen LogP contribution in [0.1, 0.15) is 44.6 Å². The third-order valence-electron chi connectivity index (χ3n) is 7.65. The van der Waals surface area contributed by atoms with Crippen LogP contribution in [-0.2, 0) is 19.2 Å². The molecule has 34 heavy (non-hydrogen) atoms. The maximum Gasteiger partial charge on any atom is 0.233 e. The third-order valence-corrected chi connectivity index (χ3v) is 7.65. The second-order valence-corrected chi connectivity index (χ2v) is 9.48. The molecular formula is C27H27NO6. The van der Waals surface area contributed by atoms with Crippen molar-refractivity contribution >= 4 is 23.4 Å². The number of carbonyl (C=O) groups is 4. The monoisotopic (exact) mass is 461 g/mol. The SMILES string of the molecule is CCCN1C(=O)C2CC=C3C(c4cc(OC)ccc4O)C4=C(CC3C2C1=O)C(=O)C=C(C)C4=O. The van der Waals surface area contributed by atoms with Gasteiger partial charge in [-0.2, -0.15) is 0 Å². The predicted molar refractivity (Wildman–Crippen MR) is 123 cm³/mol. The van der Waals surface area contributed by atoms with Gasteiger partial charge in [0.25, 0.3) is 0 Å². The van der Waals surface area contributed by atoms with Crippen LogP contribution >= 0.6 is 0 Å². The molecule has 1 aromatic rings. The molecule has 5 rings (SSSR count). The van der Waals surface area contributed by atoms with Gasteiger partial charge < -0.3 is 9.84 Å². The van der Waals surface area contributed by atoms with Gasteiger partial charge in [0.05, 0.1) is 18.9 Å². The van der Waals surface area contributed by atoms with E-state index in [4.69, 9.17) is 4.74 Å². The lowest BCUT2D eigenvalue weighted by molar-refractivity contribution is -0.140. The Morgan fingerprint density at radius 2 is 1.88 bits per heavy atom. The second kappa shape index (κ2) is 8.08. The van der Waals surface area contributed by atoms with E-state index in [2.05, 4.69) is 0 Å². The van der Waals surface area contributed by atoms with Crippen molar-refractivity contribution in [3.05, 3.63) is 58.2 Å². The van der Waals surface area contributed by atoms with Crippen molar-refractivity contribution in [2.24, 2.45) is 17.8 Å². The normalized spacial score (nSPS) is 28.4. The summed E-state index contributed by atoms with van der Waals surface area (Å²) in [5, 5.41) is 10.8. The number of amides is 2. The fraction of sp³-hybridized carbons (Fsp3) is 0.407. The molecule has 1 saturated heterocycles. The zero-order chi connectivity index (χ0) is 24.3. The van der Waals surface area contributed by atoms with Gasteiger partial charge in [-0.1, -0.05) is 18.6 Å². The number of phenols is 1. The molecule has 0 bridgehead atoms. The van der Waals surface area contributed by atoms with Crippen LogP contribution in [0, 0.1) is 17.8 Å². The molecular weight excluding hydrogens is 434 g/mol. The molecule has 176 valence electrons. The van der Waals surface area contributed by atoms with E-state index in [9.17, 15) is 24.3 Å². The quantitative estimate of drug-likeness (QED) is 0.420. The minimum atomic E-state index is -0.687. The molecule has 0 aromatic heterocycles. The first-order valence-electron chi connectivity index (χ1n) is 11.7. The van der Waals surface area contributed by atoms with Gasteiger partial charge in [0.1, 0.15) is 11.5 Å². The summed E-state index contributed by atoms with van der Waals surface area (Å²) in [4.78, 5) is 54.2. The van der Waals surface area contributed by atoms with Crippen molar-refractivity contribution in [2.75, 3.05) is 13.7 Å². The van der Waals surface area contributed by atoms with Crippen LogP contribution in [0.2, 0.25) is 0 Å². The number of nitrogens with zero attached hydrogens (tertiary/aromatic N) is 1. The Labute approximate surface area is 197 Å². The minimum Gasteiger partial charge on any atom is -0.508 e. The number of fused-ring (bicyclic) bond motifs is 3. The number of hydrogen-bond donors (Lipinski definition) is 1. The standard InChI is InChI=1S/C27H27NO6/c1-4-9-28-26(32)16-7-6-15-17(23(16)27(28)33)12-19-21(30)10-13(2)25(31)24(19)22(15)18-11-14(34-3)5-8-20(18)29/h5-6,8,10-11,16-17,22-23,29H,4,7,9,12H2,1-3H3. The first-order valence-corrected chi connectivity index (χ1v) is 11.7. The predicted octanol–water partition coefficient (Wildman–Crippen LogP) is 3.24. The second-order valence-electron chi connectivity index (χ2n) is 9.48. The van der Waals surface area contributed by atoms with E-state index in [1.165, 1.54) is 24.2 Å². The lowest BCUT2D eigenvalue weighted by atomic mass is 9.59. The largest absolute Gasteiger partial charge is 0.508 e. The lowest BCUT2D eigenvalue weighted by Gasteiger charge is -2.42. The number of ether oxygens (including phenoxy) is 1. The van der Waals surface area contributed by atoms with E-state index in [0.29, 0.717) is 47.4 Å². The Balaban J connectivity index is 1.70. The fourth-order valence-corrected chi connectivity index (χ4v) is 6.12. The van der Waals surface area contributed by atoms with E-state index in [0.717, 1.165) is 5.57 Å². The Morgan fingerprint density at radius 1 is 1.12 bits per heavy atom. The van der Waals surface area contributed by atoms with E-state index < -0.39 is 23.7 Å². The zero-order valence-electron chi connectivity index (χ0n) is 19.5. The number of allylic oxidation sites excluding steroid dienone is 6. The van der Waals surface area contributed by atoms with Crippen molar-refractivity contribution < 1.29 is 29.0 Å². The summed E-state index contributed by atoms with van der Waals surface area (Å²) < 4.78 is 5.37. The molecule has 4 unspecified atom stereocenters. The Morgan fingerprint density at radius 3 is 2.59 bits per heavy atom. The average Bonchev–Trinajstić information content (AvgIpc) is 3.07. The number of ketones is 2. The Kier molecular flexibility index (Phi) is 5.30. The minimum absolute atomic E-state index is 0.0183. The van der Waals surface area contributed by atoms with Gasteiger partial charge in [-0.25, -0.2) is 0 Å². The molecule has 0 saturated carbocycles. The highest BCUT2D eigenvalue weighted by molar-refractivity contribution is 6.24. The number of rotatable bonds is 4. The van der Waals surface area contributed by atoms with E-state index >= 15 is 0 Å². The molecule has 7 nitrogen and oxygen atoms in total. The summed E-state index contributed by atoms with van der Waals surface area (Å²) in [5.74, 6) is -2.46. The van der Waals surface area contributed by atoms with E-state index in [-0.39, 0.29) is 35.6 Å². The van der Waals surface area contributed by atoms with Crippen LogP contribution in [0.25, 0.3) is 0 Å². The number of methoxy groups -OCH3 is 1. The smallest absolute Gasteiger partial charge is 0.233 e. The van der Waals surface area contributed by atoms with Crippen molar-refractivity contribution in [3.63, 3.8) is 0 Å². The van der Waals surface area contributed by atoms with Gasteiger partial charge in [0.2, 0.25) is 11.8 Å². The molecule has 1 aliphatic heterocycles. The van der Waals surface area contributed by atoms with Crippen LogP contribution < -0.4 is 4.74 Å². The summed E-state index contributed by atoms with van der Waals surface area (Å²) in [5.41, 5.74) is 2.36. The lowest BCUT2D eigenvalue weighted by Crippen LogP contribution is -2.39. The first-order chi connectivity index (χ1) is 16.3. The summed E-state index contributed by atoms with van der Waals surface area (Å²) in [6.45, 7) is 3.91. The highest BCUT2D eigenvalue weighted by atomic mass is 16.5. The van der Waals surface area contributed by atoms with Gasteiger partial charge in [-0.15, -0.1) is 0 Å². The molecule has 7 heteroatoms. The molecule has 3 aliphatic carbocycles. The van der Waals surface area contributed by atoms with E-state index in [1.54, 1.807) is 19.1 Å². The number of aromatic hydroxyl groups is 1. The molecule has 4 aliphatic rings. The van der Waals surface area contributed by atoms with Crippen molar-refractivity contribution in [2.45, 2.75) is 39.0 Å². The number of likely N-dealkylation sites (tertiary alicyclic amines) is 1. The van der Waals surface area contributed by atoms with Crippen molar-refractivity contribution in [3.8, 4) is 11.5 Å². The van der Waals surface area contributed by atoms with Gasteiger partial charge in [0, 0.05) is 34.7 Å². The van der Waals surface area contributed by atoms with Crippen LogP contribution in [0.4, 0.5) is 0 Å². The number of Topliss-reactive ketones (excluding diaryl/α,β-unsaturated/α-hetero) is 1. The molecule has 4 atom stereocenters. The molecule has 0 radical (unpaired) electrons. The molecule has 1 heterocycles. The highest BCUT2D eigenvalue weighted by Gasteiger charge is 2.56. The van der Waals surface area contributed by atoms with Gasteiger partial charge in [0.15, 0.2) is 11.6 Å². The molecule has 2 amide bonds. The summed E-state index contributed by atoms with van der Waals surface area (Å²) in [6.07, 6.45) is 4.60. The maximum atomic E-state index is 13.4. The molecule has 1 aromatic carbocycles. The third kappa shape index (κ3) is 3.10. The van der Waals surface area contributed by atoms with Gasteiger partial charge in [-0.3, -0.25) is 24.1 Å². The van der Waals surface area contributed by atoms with Crippen LogP contribution in [0.5, 0.6) is 11.5 Å². The topological polar surface area (TPSA) is 101 Å². The average molecular weight is 462 g/mol. The molecule has 1 N–H and O–H groups in total. The maximum absolute atomic E-state index is 13.4. The van der Waals surface area contributed by atoms with Crippen molar-refractivity contribution in [1.82, 2.24) is 4.90 Å². The van der Waals surface area contributed by atoms with Crippen LogP contribution in [-0.4, -0.2) is 47.0 Å². The highest BCUT2D eigenvalue weighted by Crippen LogP contribution is 2.56. The fourth-order valence-electron chi connectivity index (χ4n) is 6.12. The summed E-state index contributed by atoms with van der Waals surface area (Å²) >= 11 is 0. The summed E-state index contributed by atoms with van der Waals surface area (Å²) in [7, 11) is 1.52. The Hall–Kier alpha value is -3.48. The van der Waals surface area contributed by atoms with Crippen LogP contribution in [0.15, 0.2) is 52.6 Å². The number of hydrogen-bond acceptors (Lipinski definition) is 6. The zero-order valence-corrected chi connectivity index (χ0v) is 19.5. The molecule has 0 spiro atoms. The number of benzene rings is 1. The molecule has 1 fully saturated rings. The van der Waals surface area contributed by atoms with Crippen molar-refractivity contribution in [1.29, 1.82) is 0 Å². The number of phenolic OH excluding ortho intramolecular Hbond substituents is 1. The number of carbonyl (C=O) groups excluding carboxylic acids is 4. The van der Waals surface area contributed by atoms with Gasteiger partial charge in [-0.05, 0) is 56.4 Å². The van der Waals surface area contributed by atoms with Gasteiger partial charge >= 0.3 is 0 Å². The Bertz CT molecular complexity index is 1240. The first kappa shape index (κ1) is 22.3. The van der Waals surface area contributed by atoms with Crippen LogP contribution in [0.3, 0.4) is 0 Å².